The summed E-state index contributed by atoms with van der Waals surface area (Å²) in [6, 6.07) is 13.5. The molecule has 1 aliphatic heterocycles. The zero-order chi connectivity index (χ0) is 19.0. The van der Waals surface area contributed by atoms with Crippen LogP contribution in [0.5, 0.6) is 11.5 Å². The van der Waals surface area contributed by atoms with Crippen LogP contribution in [-0.4, -0.2) is 24.4 Å². The molecule has 0 bridgehead atoms. The van der Waals surface area contributed by atoms with Crippen LogP contribution >= 0.6 is 0 Å². The number of hydrogen-bond acceptors (Lipinski definition) is 6. The van der Waals surface area contributed by atoms with Crippen LogP contribution in [0.2, 0.25) is 0 Å². The maximum absolute atomic E-state index is 12.4. The first-order valence-electron chi connectivity index (χ1n) is 8.38. The van der Waals surface area contributed by atoms with Gasteiger partial charge in [0.2, 0.25) is 6.79 Å². The number of ether oxygens (including phenoxy) is 2. The van der Waals surface area contributed by atoms with E-state index < -0.39 is 17.1 Å². The quantitative estimate of drug-likeness (QED) is 0.686. The summed E-state index contributed by atoms with van der Waals surface area (Å²) in [5.41, 5.74) is -1.25. The molecule has 3 aromatic rings. The molecule has 2 N–H and O–H groups in total. The van der Waals surface area contributed by atoms with Crippen molar-refractivity contribution in [3.63, 3.8) is 0 Å². The van der Waals surface area contributed by atoms with E-state index in [1.807, 2.05) is 0 Å². The van der Waals surface area contributed by atoms with Crippen molar-refractivity contribution in [1.29, 1.82) is 0 Å². The molecule has 7 heteroatoms. The highest BCUT2D eigenvalue weighted by molar-refractivity contribution is 5.96. The van der Waals surface area contributed by atoms with Gasteiger partial charge >= 0.3 is 5.63 Å². The van der Waals surface area contributed by atoms with E-state index in [1.54, 1.807) is 49.4 Å². The van der Waals surface area contributed by atoms with Crippen LogP contribution < -0.4 is 20.4 Å². The zero-order valence-corrected chi connectivity index (χ0v) is 14.5. The Hall–Kier alpha value is -3.32. The summed E-state index contributed by atoms with van der Waals surface area (Å²) in [6.07, 6.45) is 0. The number of benzene rings is 2. The Morgan fingerprint density at radius 1 is 1.15 bits per heavy atom. The summed E-state index contributed by atoms with van der Waals surface area (Å²) < 4.78 is 15.7. The normalized spacial score (nSPS) is 14.7. The number of rotatable bonds is 4. The van der Waals surface area contributed by atoms with E-state index in [9.17, 15) is 14.7 Å². The third kappa shape index (κ3) is 3.24. The van der Waals surface area contributed by atoms with Gasteiger partial charge in [-0.3, -0.25) is 4.79 Å². The topological polar surface area (TPSA) is 98.0 Å². The van der Waals surface area contributed by atoms with Crippen molar-refractivity contribution in [3.05, 3.63) is 70.1 Å². The molecule has 1 aliphatic rings. The second-order valence-corrected chi connectivity index (χ2v) is 6.51. The van der Waals surface area contributed by atoms with Gasteiger partial charge in [0.05, 0.1) is 6.54 Å². The molecule has 0 aliphatic carbocycles. The predicted octanol–water partition coefficient (Wildman–Crippen LogP) is 2.16. The second kappa shape index (κ2) is 6.44. The molecular weight excluding hydrogens is 350 g/mol. The van der Waals surface area contributed by atoms with E-state index in [0.717, 1.165) is 0 Å². The highest BCUT2D eigenvalue weighted by atomic mass is 16.7. The molecular formula is C20H17NO6. The zero-order valence-electron chi connectivity index (χ0n) is 14.5. The predicted molar refractivity (Wildman–Crippen MR) is 97.0 cm³/mol. The maximum atomic E-state index is 12.4. The summed E-state index contributed by atoms with van der Waals surface area (Å²) in [6.45, 7) is 1.60. The SMILES string of the molecule is CC(O)(CNC(=O)c1cc2ccccc2oc1=O)c1ccc2c(c1)OCO2. The second-order valence-electron chi connectivity index (χ2n) is 6.51. The van der Waals surface area contributed by atoms with Gasteiger partial charge in [0.15, 0.2) is 11.5 Å². The van der Waals surface area contributed by atoms with Gasteiger partial charge in [-0.2, -0.15) is 0 Å². The first-order valence-corrected chi connectivity index (χ1v) is 8.38. The average Bonchev–Trinajstić information content (AvgIpc) is 3.13. The van der Waals surface area contributed by atoms with Crippen LogP contribution in [0.1, 0.15) is 22.8 Å². The molecule has 2 aromatic carbocycles. The van der Waals surface area contributed by atoms with E-state index in [4.69, 9.17) is 13.9 Å². The number of carbonyl (C=O) groups is 1. The Bertz CT molecular complexity index is 1090. The highest BCUT2D eigenvalue weighted by Crippen LogP contribution is 2.35. The molecule has 0 saturated heterocycles. The summed E-state index contributed by atoms with van der Waals surface area (Å²) in [4.78, 5) is 24.5. The van der Waals surface area contributed by atoms with Gasteiger partial charge in [0.1, 0.15) is 16.7 Å². The summed E-state index contributed by atoms with van der Waals surface area (Å²) in [7, 11) is 0. The lowest BCUT2D eigenvalue weighted by Crippen LogP contribution is -2.39. The van der Waals surface area contributed by atoms with Crippen molar-refractivity contribution in [3.8, 4) is 11.5 Å². The fourth-order valence-electron chi connectivity index (χ4n) is 2.90. The Morgan fingerprint density at radius 3 is 2.78 bits per heavy atom. The van der Waals surface area contributed by atoms with Crippen molar-refractivity contribution >= 4 is 16.9 Å². The van der Waals surface area contributed by atoms with Gasteiger partial charge in [-0.05, 0) is 36.8 Å². The number of para-hydroxylation sites is 1. The van der Waals surface area contributed by atoms with Gasteiger partial charge in [-0.25, -0.2) is 4.79 Å². The molecule has 1 aromatic heterocycles. The Balaban J connectivity index is 1.53. The van der Waals surface area contributed by atoms with Crippen LogP contribution in [0.15, 0.2) is 57.7 Å². The smallest absolute Gasteiger partial charge is 0.349 e. The molecule has 0 saturated carbocycles. The van der Waals surface area contributed by atoms with Crippen LogP contribution in [0, 0.1) is 0 Å². The van der Waals surface area contributed by atoms with Crippen LogP contribution in [-0.2, 0) is 5.60 Å². The molecule has 1 amide bonds. The lowest BCUT2D eigenvalue weighted by Gasteiger charge is -2.24. The largest absolute Gasteiger partial charge is 0.454 e. The number of carbonyl (C=O) groups excluding carboxylic acids is 1. The molecule has 7 nitrogen and oxygen atoms in total. The van der Waals surface area contributed by atoms with Gasteiger partial charge in [0.25, 0.3) is 5.91 Å². The standard InChI is InChI=1S/C20H17NO6/c1-20(24,13-6-7-16-17(9-13)26-11-25-16)10-21-18(22)14-8-12-4-2-3-5-15(12)27-19(14)23/h2-9,24H,10-11H2,1H3,(H,21,22). The first-order chi connectivity index (χ1) is 12.9. The minimum Gasteiger partial charge on any atom is -0.454 e. The minimum absolute atomic E-state index is 0.0995. The molecule has 0 spiro atoms. The summed E-state index contributed by atoms with van der Waals surface area (Å²) in [5, 5.41) is 14.0. The van der Waals surface area contributed by atoms with Crippen LogP contribution in [0.3, 0.4) is 0 Å². The van der Waals surface area contributed by atoms with Crippen molar-refractivity contribution < 1.29 is 23.8 Å². The van der Waals surface area contributed by atoms with Crippen LogP contribution in [0.25, 0.3) is 11.0 Å². The lowest BCUT2D eigenvalue weighted by atomic mass is 9.95. The van der Waals surface area contributed by atoms with E-state index in [0.29, 0.717) is 28.0 Å². The van der Waals surface area contributed by atoms with E-state index >= 15 is 0 Å². The average molecular weight is 367 g/mol. The third-order valence-corrected chi connectivity index (χ3v) is 4.47. The Morgan fingerprint density at radius 2 is 1.93 bits per heavy atom. The molecule has 2 heterocycles. The molecule has 4 rings (SSSR count). The van der Waals surface area contributed by atoms with Gasteiger partial charge in [-0.15, -0.1) is 0 Å². The highest BCUT2D eigenvalue weighted by Gasteiger charge is 2.27. The van der Waals surface area contributed by atoms with Crippen molar-refractivity contribution in [1.82, 2.24) is 5.32 Å². The fourth-order valence-corrected chi connectivity index (χ4v) is 2.90. The molecule has 27 heavy (non-hydrogen) atoms. The molecule has 0 radical (unpaired) electrons. The van der Waals surface area contributed by atoms with Gasteiger partial charge in [0, 0.05) is 5.39 Å². The Labute approximate surface area is 154 Å². The van der Waals surface area contributed by atoms with Gasteiger partial charge < -0.3 is 24.3 Å². The number of aliphatic hydroxyl groups is 1. The maximum Gasteiger partial charge on any atom is 0.349 e. The molecule has 1 unspecified atom stereocenters. The molecule has 0 fully saturated rings. The number of nitrogens with one attached hydrogen (secondary N) is 1. The third-order valence-electron chi connectivity index (χ3n) is 4.47. The summed E-state index contributed by atoms with van der Waals surface area (Å²) >= 11 is 0. The molecule has 138 valence electrons. The van der Waals surface area contributed by atoms with E-state index in [2.05, 4.69) is 5.32 Å². The van der Waals surface area contributed by atoms with E-state index in [1.165, 1.54) is 6.07 Å². The Kier molecular flexibility index (Phi) is 4.08. The van der Waals surface area contributed by atoms with Crippen molar-refractivity contribution in [2.45, 2.75) is 12.5 Å². The lowest BCUT2D eigenvalue weighted by molar-refractivity contribution is 0.0523. The first kappa shape index (κ1) is 17.1. The van der Waals surface area contributed by atoms with Crippen molar-refractivity contribution in [2.75, 3.05) is 13.3 Å². The number of fused-ring (bicyclic) bond motifs is 2. The fraction of sp³-hybridized carbons (Fsp3) is 0.200. The monoisotopic (exact) mass is 367 g/mol. The van der Waals surface area contributed by atoms with Gasteiger partial charge in [-0.1, -0.05) is 24.3 Å². The van der Waals surface area contributed by atoms with Crippen molar-refractivity contribution in [2.24, 2.45) is 0 Å². The molecule has 1 atom stereocenters. The van der Waals surface area contributed by atoms with E-state index in [-0.39, 0.29) is 18.9 Å². The minimum atomic E-state index is -1.37. The summed E-state index contributed by atoms with van der Waals surface area (Å²) in [5.74, 6) is 0.525. The number of amides is 1. The van der Waals surface area contributed by atoms with Crippen LogP contribution in [0.4, 0.5) is 0 Å². The number of hydrogen-bond donors (Lipinski definition) is 2.